The molecule has 8 nitrogen and oxygen atoms in total. The van der Waals surface area contributed by atoms with Gasteiger partial charge in [0.15, 0.2) is 5.54 Å². The summed E-state index contributed by atoms with van der Waals surface area (Å²) in [6.07, 6.45) is 1.37. The van der Waals surface area contributed by atoms with E-state index in [-0.39, 0.29) is 17.8 Å². The standard InChI is InChI=1S/C30H28N4O4/c1-30-26-24(23-5-3-4-6-25(23)32-26)16-18-33(30)29(37)34(28(30)36)21-11-9-20(10-12-21)27(35)31-17-15-19-7-13-22(38-2)14-8-19/h3-14,32H,15-18H2,1-2H3,(H,31,35). The summed E-state index contributed by atoms with van der Waals surface area (Å²) in [5, 5.41) is 4.01. The zero-order valence-corrected chi connectivity index (χ0v) is 21.3. The third-order valence-corrected chi connectivity index (χ3v) is 7.71. The summed E-state index contributed by atoms with van der Waals surface area (Å²) in [6.45, 7) is 2.75. The number of nitrogens with one attached hydrogen (secondary N) is 2. The molecule has 6 rings (SSSR count). The average Bonchev–Trinajstić information content (AvgIpc) is 3.42. The van der Waals surface area contributed by atoms with Gasteiger partial charge in [-0.15, -0.1) is 0 Å². The van der Waals surface area contributed by atoms with Crippen molar-refractivity contribution in [3.63, 3.8) is 0 Å². The molecule has 1 atom stereocenters. The van der Waals surface area contributed by atoms with Gasteiger partial charge in [0.2, 0.25) is 0 Å². The Morgan fingerprint density at radius 2 is 1.76 bits per heavy atom. The number of carbonyl (C=O) groups excluding carboxylic acids is 3. The Hall–Kier alpha value is -4.59. The van der Waals surface area contributed by atoms with Crippen molar-refractivity contribution >= 4 is 34.4 Å². The Kier molecular flexibility index (Phi) is 5.67. The van der Waals surface area contributed by atoms with Crippen LogP contribution in [0.25, 0.3) is 10.9 Å². The van der Waals surface area contributed by atoms with E-state index in [0.717, 1.165) is 33.5 Å². The summed E-state index contributed by atoms with van der Waals surface area (Å²) < 4.78 is 5.17. The highest BCUT2D eigenvalue weighted by molar-refractivity contribution is 6.23. The molecule has 2 aliphatic rings. The molecular formula is C30H28N4O4. The Bertz CT molecular complexity index is 1560. The molecule has 2 N–H and O–H groups in total. The number of anilines is 1. The van der Waals surface area contributed by atoms with Crippen molar-refractivity contribution in [1.82, 2.24) is 15.2 Å². The number of nitrogens with zero attached hydrogens (tertiary/aromatic N) is 2. The van der Waals surface area contributed by atoms with Gasteiger partial charge in [-0.2, -0.15) is 0 Å². The van der Waals surface area contributed by atoms with E-state index in [9.17, 15) is 14.4 Å². The largest absolute Gasteiger partial charge is 0.497 e. The molecule has 0 bridgehead atoms. The number of H-pyrrole nitrogens is 1. The normalized spacial score (nSPS) is 18.5. The molecule has 192 valence electrons. The second-order valence-corrected chi connectivity index (χ2v) is 9.82. The number of hydrogen-bond acceptors (Lipinski definition) is 4. The first-order valence-electron chi connectivity index (χ1n) is 12.7. The molecule has 38 heavy (non-hydrogen) atoms. The maximum atomic E-state index is 13.8. The van der Waals surface area contributed by atoms with Crippen molar-refractivity contribution < 1.29 is 19.1 Å². The van der Waals surface area contributed by atoms with Crippen LogP contribution in [0.1, 0.15) is 34.1 Å². The fourth-order valence-electron chi connectivity index (χ4n) is 5.60. The Balaban J connectivity index is 1.18. The maximum absolute atomic E-state index is 13.8. The zero-order chi connectivity index (χ0) is 26.4. The molecule has 0 saturated carbocycles. The van der Waals surface area contributed by atoms with E-state index >= 15 is 0 Å². The smallest absolute Gasteiger partial charge is 0.332 e. The lowest BCUT2D eigenvalue weighted by atomic mass is 9.87. The number of imide groups is 1. The molecule has 0 spiro atoms. The number of rotatable bonds is 6. The van der Waals surface area contributed by atoms with Gasteiger partial charge in [-0.25, -0.2) is 9.69 Å². The van der Waals surface area contributed by atoms with E-state index in [4.69, 9.17) is 4.74 Å². The second kappa shape index (κ2) is 9.06. The van der Waals surface area contributed by atoms with Crippen molar-refractivity contribution in [2.24, 2.45) is 0 Å². The van der Waals surface area contributed by atoms with E-state index in [1.807, 2.05) is 55.5 Å². The molecule has 1 fully saturated rings. The predicted octanol–water partition coefficient (Wildman–Crippen LogP) is 4.39. The number of fused-ring (bicyclic) bond motifs is 5. The topological polar surface area (TPSA) is 94.7 Å². The molecule has 4 amide bonds. The van der Waals surface area contributed by atoms with Crippen LogP contribution in [0.15, 0.2) is 72.8 Å². The highest BCUT2D eigenvalue weighted by atomic mass is 16.5. The minimum Gasteiger partial charge on any atom is -0.497 e. The van der Waals surface area contributed by atoms with E-state index in [0.29, 0.717) is 37.2 Å². The van der Waals surface area contributed by atoms with Crippen LogP contribution < -0.4 is 15.0 Å². The van der Waals surface area contributed by atoms with Crippen LogP contribution in [-0.2, 0) is 23.2 Å². The van der Waals surface area contributed by atoms with Crippen LogP contribution in [0, 0.1) is 0 Å². The van der Waals surface area contributed by atoms with Gasteiger partial charge in [0.25, 0.3) is 11.8 Å². The molecule has 4 aromatic rings. The van der Waals surface area contributed by atoms with Crippen LogP contribution in [-0.4, -0.2) is 47.9 Å². The number of para-hydroxylation sites is 1. The zero-order valence-electron chi connectivity index (χ0n) is 21.3. The number of amides is 4. The maximum Gasteiger partial charge on any atom is 0.332 e. The highest BCUT2D eigenvalue weighted by Gasteiger charge is 2.59. The quantitative estimate of drug-likeness (QED) is 0.378. The number of urea groups is 1. The SMILES string of the molecule is COc1ccc(CCNC(=O)c2ccc(N3C(=O)N4CCc5c([nH]c6ccccc56)C4(C)C3=O)cc2)cc1. The summed E-state index contributed by atoms with van der Waals surface area (Å²) in [6, 6.07) is 21.9. The number of aromatic nitrogens is 1. The van der Waals surface area contributed by atoms with Gasteiger partial charge in [0.05, 0.1) is 18.5 Å². The van der Waals surface area contributed by atoms with Crippen LogP contribution in [0.4, 0.5) is 10.5 Å². The van der Waals surface area contributed by atoms with E-state index in [1.54, 1.807) is 36.3 Å². The molecule has 0 radical (unpaired) electrons. The average molecular weight is 509 g/mol. The van der Waals surface area contributed by atoms with Gasteiger partial charge in [-0.05, 0) is 73.4 Å². The molecule has 3 heterocycles. The number of carbonyl (C=O) groups is 3. The van der Waals surface area contributed by atoms with Crippen LogP contribution in [0.5, 0.6) is 5.75 Å². The lowest BCUT2D eigenvalue weighted by Gasteiger charge is -2.35. The van der Waals surface area contributed by atoms with Crippen molar-refractivity contribution in [3.05, 3.63) is 95.2 Å². The highest BCUT2D eigenvalue weighted by Crippen LogP contribution is 2.45. The van der Waals surface area contributed by atoms with Crippen molar-refractivity contribution in [2.75, 3.05) is 25.1 Å². The van der Waals surface area contributed by atoms with Crippen molar-refractivity contribution in [1.29, 1.82) is 0 Å². The molecule has 8 heteroatoms. The number of hydrogen-bond donors (Lipinski definition) is 2. The van der Waals surface area contributed by atoms with Gasteiger partial charge < -0.3 is 19.9 Å². The van der Waals surface area contributed by atoms with Gasteiger partial charge in [0, 0.05) is 29.6 Å². The van der Waals surface area contributed by atoms with Crippen molar-refractivity contribution in [2.45, 2.75) is 25.3 Å². The monoisotopic (exact) mass is 508 g/mol. The Labute approximate surface area is 220 Å². The van der Waals surface area contributed by atoms with Crippen molar-refractivity contribution in [3.8, 4) is 5.75 Å². The minimum atomic E-state index is -1.11. The predicted molar refractivity (Wildman–Crippen MR) is 144 cm³/mol. The number of methoxy groups -OCH3 is 1. The van der Waals surface area contributed by atoms with E-state index < -0.39 is 5.54 Å². The molecule has 2 aliphatic heterocycles. The second-order valence-electron chi connectivity index (χ2n) is 9.82. The Morgan fingerprint density at radius 1 is 1.03 bits per heavy atom. The number of benzene rings is 3. The number of aromatic amines is 1. The Morgan fingerprint density at radius 3 is 2.50 bits per heavy atom. The first kappa shape index (κ1) is 23.8. The van der Waals surface area contributed by atoms with Gasteiger partial charge >= 0.3 is 6.03 Å². The summed E-state index contributed by atoms with van der Waals surface area (Å²) in [7, 11) is 1.63. The van der Waals surface area contributed by atoms with E-state index in [1.165, 1.54) is 4.90 Å². The van der Waals surface area contributed by atoms with Gasteiger partial charge in [-0.3, -0.25) is 9.59 Å². The molecule has 1 aromatic heterocycles. The van der Waals surface area contributed by atoms with E-state index in [2.05, 4.69) is 10.3 Å². The molecule has 3 aromatic carbocycles. The van der Waals surface area contributed by atoms with Crippen LogP contribution >= 0.6 is 0 Å². The molecule has 1 unspecified atom stereocenters. The molecule has 1 saturated heterocycles. The summed E-state index contributed by atoms with van der Waals surface area (Å²) in [5.74, 6) is 0.280. The van der Waals surface area contributed by atoms with Gasteiger partial charge in [0.1, 0.15) is 5.75 Å². The lowest BCUT2D eigenvalue weighted by molar-refractivity contribution is -0.125. The number of ether oxygens (including phenoxy) is 1. The minimum absolute atomic E-state index is 0.212. The fraction of sp³-hybridized carbons (Fsp3) is 0.233. The first-order chi connectivity index (χ1) is 18.4. The summed E-state index contributed by atoms with van der Waals surface area (Å²) in [5.41, 5.74) is 3.72. The fourth-order valence-corrected chi connectivity index (χ4v) is 5.60. The first-order valence-corrected chi connectivity index (χ1v) is 12.7. The summed E-state index contributed by atoms with van der Waals surface area (Å²) >= 11 is 0. The summed E-state index contributed by atoms with van der Waals surface area (Å²) in [4.78, 5) is 46.2. The molecular weight excluding hydrogens is 480 g/mol. The van der Waals surface area contributed by atoms with Crippen LogP contribution in [0.3, 0.4) is 0 Å². The molecule has 0 aliphatic carbocycles. The third-order valence-electron chi connectivity index (χ3n) is 7.71. The van der Waals surface area contributed by atoms with Crippen LogP contribution in [0.2, 0.25) is 0 Å². The van der Waals surface area contributed by atoms with Gasteiger partial charge in [-0.1, -0.05) is 30.3 Å². The third kappa shape index (κ3) is 3.63. The lowest BCUT2D eigenvalue weighted by Crippen LogP contribution is -2.49.